The number of carbonyl (C=O) groups is 1. The minimum absolute atomic E-state index is 0.0434. The van der Waals surface area contributed by atoms with E-state index in [1.807, 2.05) is 17.0 Å². The number of benzene rings is 1. The molecule has 0 unspecified atom stereocenters. The Bertz CT molecular complexity index is 794. The molecule has 7 heteroatoms. The zero-order valence-electron chi connectivity index (χ0n) is 16.0. The molecule has 0 atom stereocenters. The van der Waals surface area contributed by atoms with Crippen molar-refractivity contribution in [2.75, 3.05) is 51.8 Å². The second-order valence-corrected chi connectivity index (χ2v) is 7.22. The number of hydrogen-bond donors (Lipinski definition) is 0. The van der Waals surface area contributed by atoms with E-state index in [0.717, 1.165) is 43.2 Å². The first-order valence-corrected chi connectivity index (χ1v) is 9.43. The van der Waals surface area contributed by atoms with Gasteiger partial charge in [0.15, 0.2) is 0 Å². The van der Waals surface area contributed by atoms with E-state index in [4.69, 9.17) is 9.15 Å². The number of rotatable bonds is 4. The van der Waals surface area contributed by atoms with Gasteiger partial charge in [0.2, 0.25) is 5.89 Å². The number of carbonyl (C=O) groups excluding carboxylic acids is 1. The van der Waals surface area contributed by atoms with Gasteiger partial charge in [0.1, 0.15) is 18.1 Å². The first kappa shape index (κ1) is 18.0. The average Bonchev–Trinajstić information content (AvgIpc) is 3.10. The topological polar surface area (TPSA) is 62.1 Å². The first-order valence-electron chi connectivity index (χ1n) is 9.43. The summed E-state index contributed by atoms with van der Waals surface area (Å²) in [5.74, 6) is 1.49. The maximum absolute atomic E-state index is 12.9. The molecule has 7 nitrogen and oxygen atoms in total. The number of piperazine rings is 1. The van der Waals surface area contributed by atoms with Gasteiger partial charge in [-0.15, -0.1) is 0 Å². The zero-order chi connectivity index (χ0) is 18.8. The van der Waals surface area contributed by atoms with Gasteiger partial charge in [-0.1, -0.05) is 0 Å². The number of likely N-dealkylation sites (N-methyl/N-ethyl adjacent to an activating group) is 1. The van der Waals surface area contributed by atoms with E-state index in [2.05, 4.69) is 34.0 Å². The van der Waals surface area contributed by atoms with E-state index in [9.17, 15) is 4.79 Å². The number of ether oxygens (including phenoxy) is 1. The average molecular weight is 370 g/mol. The molecular formula is C20H26N4O3. The summed E-state index contributed by atoms with van der Waals surface area (Å²) in [5.41, 5.74) is 2.74. The number of hydrogen-bond acceptors (Lipinski definition) is 6. The Morgan fingerprint density at radius 2 is 1.89 bits per heavy atom. The van der Waals surface area contributed by atoms with Crippen molar-refractivity contribution in [1.82, 2.24) is 14.8 Å². The Labute approximate surface area is 159 Å². The van der Waals surface area contributed by atoms with Crippen LogP contribution in [0.2, 0.25) is 0 Å². The van der Waals surface area contributed by atoms with Crippen molar-refractivity contribution in [1.29, 1.82) is 0 Å². The van der Waals surface area contributed by atoms with Gasteiger partial charge in [0.05, 0.1) is 6.54 Å². The normalized spacial score (nSPS) is 17.9. The largest absolute Gasteiger partial charge is 0.443 e. The van der Waals surface area contributed by atoms with Gasteiger partial charge in [-0.05, 0) is 31.3 Å². The predicted octanol–water partition coefficient (Wildman–Crippen LogP) is 1.77. The molecule has 1 aromatic carbocycles. The molecule has 4 rings (SSSR count). The van der Waals surface area contributed by atoms with Crippen LogP contribution in [0.25, 0.3) is 0 Å². The molecule has 0 spiro atoms. The number of fused-ring (bicyclic) bond motifs is 1. The second-order valence-electron chi connectivity index (χ2n) is 7.22. The molecule has 0 aliphatic carbocycles. The van der Waals surface area contributed by atoms with Crippen LogP contribution >= 0.6 is 0 Å². The van der Waals surface area contributed by atoms with Gasteiger partial charge in [0.25, 0.3) is 5.91 Å². The minimum Gasteiger partial charge on any atom is -0.443 e. The molecule has 0 bridgehead atoms. The third-order valence-corrected chi connectivity index (χ3v) is 5.31. The molecule has 1 amide bonds. The van der Waals surface area contributed by atoms with Crippen molar-refractivity contribution in [2.45, 2.75) is 19.6 Å². The number of anilines is 1. The van der Waals surface area contributed by atoms with E-state index in [-0.39, 0.29) is 5.91 Å². The van der Waals surface area contributed by atoms with E-state index in [0.29, 0.717) is 32.0 Å². The van der Waals surface area contributed by atoms with Crippen molar-refractivity contribution >= 4 is 11.6 Å². The summed E-state index contributed by atoms with van der Waals surface area (Å²) in [6.07, 6.45) is 0.692. The minimum atomic E-state index is 0.0434. The summed E-state index contributed by atoms with van der Waals surface area (Å²) >= 11 is 0. The zero-order valence-corrected chi connectivity index (χ0v) is 16.0. The Morgan fingerprint density at radius 1 is 1.15 bits per heavy atom. The fraction of sp³-hybridized carbons (Fsp3) is 0.500. The van der Waals surface area contributed by atoms with Gasteiger partial charge in [-0.3, -0.25) is 4.79 Å². The fourth-order valence-corrected chi connectivity index (χ4v) is 3.67. The Balaban J connectivity index is 1.42. The van der Waals surface area contributed by atoms with Gasteiger partial charge < -0.3 is 23.9 Å². The highest BCUT2D eigenvalue weighted by atomic mass is 16.5. The lowest BCUT2D eigenvalue weighted by atomic mass is 10.1. The van der Waals surface area contributed by atoms with Gasteiger partial charge in [-0.2, -0.15) is 0 Å². The standard InChI is InChI=1S/C20H26N4O3/c1-22-9-11-23(12-10-22)16-5-3-15(4-6-16)20(25)24-8-7-18-17(13-24)21-19(27-18)14-26-2/h3-6H,7-14H2,1-2H3. The van der Waals surface area contributed by atoms with Crippen molar-refractivity contribution in [3.63, 3.8) is 0 Å². The Hall–Kier alpha value is -2.38. The van der Waals surface area contributed by atoms with Crippen LogP contribution in [0.1, 0.15) is 27.7 Å². The lowest BCUT2D eigenvalue weighted by Gasteiger charge is -2.34. The number of oxazole rings is 1. The van der Waals surface area contributed by atoms with E-state index in [1.165, 1.54) is 5.69 Å². The Morgan fingerprint density at radius 3 is 2.59 bits per heavy atom. The number of amides is 1. The van der Waals surface area contributed by atoms with Crippen LogP contribution in [0.15, 0.2) is 28.7 Å². The van der Waals surface area contributed by atoms with Crippen molar-refractivity contribution in [3.8, 4) is 0 Å². The van der Waals surface area contributed by atoms with Crippen LogP contribution in [0.3, 0.4) is 0 Å². The molecule has 0 saturated carbocycles. The van der Waals surface area contributed by atoms with Gasteiger partial charge in [0, 0.05) is 57.5 Å². The fourth-order valence-electron chi connectivity index (χ4n) is 3.67. The van der Waals surface area contributed by atoms with Gasteiger partial charge in [-0.25, -0.2) is 4.98 Å². The molecule has 0 radical (unpaired) electrons. The Kier molecular flexibility index (Phi) is 5.13. The van der Waals surface area contributed by atoms with Crippen molar-refractivity contribution in [3.05, 3.63) is 47.2 Å². The molecule has 2 aliphatic rings. The summed E-state index contributed by atoms with van der Waals surface area (Å²) in [4.78, 5) is 23.9. The van der Waals surface area contributed by atoms with Crippen LogP contribution in [0.4, 0.5) is 5.69 Å². The summed E-state index contributed by atoms with van der Waals surface area (Å²) in [6, 6.07) is 7.98. The predicted molar refractivity (Wildman–Crippen MR) is 102 cm³/mol. The SMILES string of the molecule is COCc1nc2c(o1)CCN(C(=O)c1ccc(N3CCN(C)CC3)cc1)C2. The molecule has 1 fully saturated rings. The number of nitrogens with zero attached hydrogens (tertiary/aromatic N) is 4. The molecule has 2 aliphatic heterocycles. The van der Waals surface area contributed by atoms with E-state index in [1.54, 1.807) is 7.11 Å². The summed E-state index contributed by atoms with van der Waals surface area (Å²) in [6.45, 7) is 5.67. The van der Waals surface area contributed by atoms with E-state index < -0.39 is 0 Å². The molecule has 3 heterocycles. The molecule has 27 heavy (non-hydrogen) atoms. The van der Waals surface area contributed by atoms with Crippen LogP contribution in [0.5, 0.6) is 0 Å². The molecule has 2 aromatic rings. The number of methoxy groups -OCH3 is 1. The second kappa shape index (κ2) is 7.70. The molecule has 0 N–H and O–H groups in total. The maximum Gasteiger partial charge on any atom is 0.254 e. The molecule has 1 aromatic heterocycles. The highest BCUT2D eigenvalue weighted by molar-refractivity contribution is 5.94. The van der Waals surface area contributed by atoms with Crippen LogP contribution in [-0.2, 0) is 24.3 Å². The molecular weight excluding hydrogens is 344 g/mol. The quantitative estimate of drug-likeness (QED) is 0.818. The smallest absolute Gasteiger partial charge is 0.254 e. The van der Waals surface area contributed by atoms with Crippen LogP contribution < -0.4 is 4.90 Å². The highest BCUT2D eigenvalue weighted by Gasteiger charge is 2.26. The van der Waals surface area contributed by atoms with Crippen LogP contribution in [-0.4, -0.2) is 67.6 Å². The van der Waals surface area contributed by atoms with E-state index >= 15 is 0 Å². The maximum atomic E-state index is 12.9. The van der Waals surface area contributed by atoms with Gasteiger partial charge >= 0.3 is 0 Å². The first-order chi connectivity index (χ1) is 13.1. The summed E-state index contributed by atoms with van der Waals surface area (Å²) < 4.78 is 10.8. The summed E-state index contributed by atoms with van der Waals surface area (Å²) in [7, 11) is 3.76. The third-order valence-electron chi connectivity index (χ3n) is 5.31. The number of aromatic nitrogens is 1. The lowest BCUT2D eigenvalue weighted by Crippen LogP contribution is -2.44. The van der Waals surface area contributed by atoms with Crippen molar-refractivity contribution < 1.29 is 13.9 Å². The molecule has 1 saturated heterocycles. The van der Waals surface area contributed by atoms with Crippen LogP contribution in [0, 0.1) is 0 Å². The van der Waals surface area contributed by atoms with Crippen molar-refractivity contribution in [2.24, 2.45) is 0 Å². The lowest BCUT2D eigenvalue weighted by molar-refractivity contribution is 0.0727. The highest BCUT2D eigenvalue weighted by Crippen LogP contribution is 2.23. The monoisotopic (exact) mass is 370 g/mol. The molecule has 144 valence electrons. The third kappa shape index (κ3) is 3.84. The summed E-state index contributed by atoms with van der Waals surface area (Å²) in [5, 5.41) is 0.